The molecule has 1 aliphatic carbocycles. The maximum atomic E-state index is 5.39. The second-order valence-electron chi connectivity index (χ2n) is 4.26. The molecule has 0 unspecified atom stereocenters. The standard InChI is InChI=1S/C13H20N2/c14-10-15-8-7-11-5-6-12-3-1-2-4-13(12)9-11/h5-6,9,15H,1-4,7-8,10,14H2. The number of nitrogens with two attached hydrogens (primary N) is 1. The molecule has 3 N–H and O–H groups in total. The molecule has 1 aromatic rings. The van der Waals surface area contributed by atoms with Crippen molar-refractivity contribution in [2.75, 3.05) is 13.2 Å². The van der Waals surface area contributed by atoms with Gasteiger partial charge in [0, 0.05) is 13.2 Å². The summed E-state index contributed by atoms with van der Waals surface area (Å²) in [7, 11) is 0. The van der Waals surface area contributed by atoms with E-state index in [1.54, 1.807) is 11.1 Å². The lowest BCUT2D eigenvalue weighted by atomic mass is 9.90. The summed E-state index contributed by atoms with van der Waals surface area (Å²) in [5.41, 5.74) is 9.98. The molecule has 0 atom stereocenters. The maximum Gasteiger partial charge on any atom is 0.0428 e. The zero-order valence-corrected chi connectivity index (χ0v) is 9.26. The van der Waals surface area contributed by atoms with Crippen LogP contribution in [0, 0.1) is 0 Å². The molecular weight excluding hydrogens is 184 g/mol. The van der Waals surface area contributed by atoms with Gasteiger partial charge >= 0.3 is 0 Å². The van der Waals surface area contributed by atoms with E-state index in [1.807, 2.05) is 0 Å². The molecule has 0 saturated heterocycles. The highest BCUT2D eigenvalue weighted by molar-refractivity contribution is 5.33. The van der Waals surface area contributed by atoms with E-state index in [-0.39, 0.29) is 0 Å². The third kappa shape index (κ3) is 2.80. The summed E-state index contributed by atoms with van der Waals surface area (Å²) in [5, 5.41) is 3.15. The van der Waals surface area contributed by atoms with Crippen LogP contribution >= 0.6 is 0 Å². The zero-order valence-electron chi connectivity index (χ0n) is 9.26. The molecule has 2 rings (SSSR count). The lowest BCUT2D eigenvalue weighted by Gasteiger charge is -2.16. The van der Waals surface area contributed by atoms with E-state index in [4.69, 9.17) is 5.73 Å². The molecule has 0 fully saturated rings. The lowest BCUT2D eigenvalue weighted by molar-refractivity contribution is 0.678. The number of fused-ring (bicyclic) bond motifs is 1. The average molecular weight is 204 g/mol. The Bertz CT molecular complexity index is 320. The smallest absolute Gasteiger partial charge is 0.0428 e. The van der Waals surface area contributed by atoms with Gasteiger partial charge in [-0.1, -0.05) is 18.2 Å². The minimum absolute atomic E-state index is 0.574. The van der Waals surface area contributed by atoms with E-state index in [2.05, 4.69) is 23.5 Å². The Labute approximate surface area is 91.9 Å². The van der Waals surface area contributed by atoms with Crippen molar-refractivity contribution in [2.24, 2.45) is 5.73 Å². The molecule has 0 bridgehead atoms. The van der Waals surface area contributed by atoms with Crippen LogP contribution in [0.5, 0.6) is 0 Å². The summed E-state index contributed by atoms with van der Waals surface area (Å²) < 4.78 is 0. The van der Waals surface area contributed by atoms with Gasteiger partial charge in [-0.05, 0) is 48.8 Å². The lowest BCUT2D eigenvalue weighted by Crippen LogP contribution is -2.24. The number of hydrogen-bond donors (Lipinski definition) is 2. The Morgan fingerprint density at radius 1 is 1.13 bits per heavy atom. The first kappa shape index (κ1) is 10.7. The van der Waals surface area contributed by atoms with Gasteiger partial charge in [-0.2, -0.15) is 0 Å². The van der Waals surface area contributed by atoms with Gasteiger partial charge < -0.3 is 11.1 Å². The van der Waals surface area contributed by atoms with Crippen LogP contribution in [0.4, 0.5) is 0 Å². The first-order chi connectivity index (χ1) is 7.40. The highest BCUT2D eigenvalue weighted by atomic mass is 14.9. The second kappa shape index (κ2) is 5.29. The molecule has 1 aliphatic rings. The van der Waals surface area contributed by atoms with Crippen LogP contribution in [0.3, 0.4) is 0 Å². The minimum atomic E-state index is 0.574. The third-order valence-corrected chi connectivity index (χ3v) is 3.15. The van der Waals surface area contributed by atoms with Crippen LogP contribution in [0.2, 0.25) is 0 Å². The summed E-state index contributed by atoms with van der Waals surface area (Å²) in [6.07, 6.45) is 6.35. The molecule has 15 heavy (non-hydrogen) atoms. The van der Waals surface area contributed by atoms with Gasteiger partial charge in [0.2, 0.25) is 0 Å². The van der Waals surface area contributed by atoms with Crippen LogP contribution in [0.25, 0.3) is 0 Å². The van der Waals surface area contributed by atoms with Crippen molar-refractivity contribution in [3.8, 4) is 0 Å². The molecule has 82 valence electrons. The van der Waals surface area contributed by atoms with Gasteiger partial charge in [0.1, 0.15) is 0 Å². The van der Waals surface area contributed by atoms with Gasteiger partial charge in [-0.15, -0.1) is 0 Å². The molecule has 0 saturated carbocycles. The van der Waals surface area contributed by atoms with Crippen LogP contribution in [0.1, 0.15) is 29.5 Å². The molecule has 0 amide bonds. The molecule has 0 heterocycles. The topological polar surface area (TPSA) is 38.0 Å². The zero-order chi connectivity index (χ0) is 10.5. The molecule has 0 aromatic heterocycles. The molecule has 0 aliphatic heterocycles. The Morgan fingerprint density at radius 2 is 1.93 bits per heavy atom. The fourth-order valence-corrected chi connectivity index (χ4v) is 2.28. The van der Waals surface area contributed by atoms with Crippen molar-refractivity contribution in [3.05, 3.63) is 34.9 Å². The Hall–Kier alpha value is -0.860. The highest BCUT2D eigenvalue weighted by Gasteiger charge is 2.08. The molecule has 0 spiro atoms. The average Bonchev–Trinajstić information content (AvgIpc) is 2.29. The molecule has 1 aromatic carbocycles. The van der Waals surface area contributed by atoms with Crippen LogP contribution in [-0.2, 0) is 19.3 Å². The first-order valence-corrected chi connectivity index (χ1v) is 5.91. The van der Waals surface area contributed by atoms with Crippen molar-refractivity contribution in [3.63, 3.8) is 0 Å². The van der Waals surface area contributed by atoms with Crippen LogP contribution in [0.15, 0.2) is 18.2 Å². The van der Waals surface area contributed by atoms with Gasteiger partial charge in [-0.25, -0.2) is 0 Å². The van der Waals surface area contributed by atoms with E-state index in [0.29, 0.717) is 6.67 Å². The van der Waals surface area contributed by atoms with E-state index in [1.165, 1.54) is 31.2 Å². The molecule has 0 radical (unpaired) electrons. The summed E-state index contributed by atoms with van der Waals surface area (Å²) in [6, 6.07) is 6.96. The SMILES string of the molecule is NCNCCc1ccc2c(c1)CCCC2. The van der Waals surface area contributed by atoms with E-state index >= 15 is 0 Å². The van der Waals surface area contributed by atoms with Gasteiger partial charge in [0.15, 0.2) is 0 Å². The summed E-state index contributed by atoms with van der Waals surface area (Å²) in [4.78, 5) is 0. The van der Waals surface area contributed by atoms with Gasteiger partial charge in [-0.3, -0.25) is 0 Å². The van der Waals surface area contributed by atoms with E-state index in [0.717, 1.165) is 13.0 Å². The van der Waals surface area contributed by atoms with Crippen LogP contribution in [-0.4, -0.2) is 13.2 Å². The quantitative estimate of drug-likeness (QED) is 0.577. The largest absolute Gasteiger partial charge is 0.318 e. The second-order valence-corrected chi connectivity index (χ2v) is 4.26. The number of benzene rings is 1. The number of nitrogens with one attached hydrogen (secondary N) is 1. The first-order valence-electron chi connectivity index (χ1n) is 5.91. The summed E-state index contributed by atoms with van der Waals surface area (Å²) in [5.74, 6) is 0. The monoisotopic (exact) mass is 204 g/mol. The fraction of sp³-hybridized carbons (Fsp3) is 0.538. The maximum absolute atomic E-state index is 5.39. The number of hydrogen-bond acceptors (Lipinski definition) is 2. The van der Waals surface area contributed by atoms with Crippen LogP contribution < -0.4 is 11.1 Å². The van der Waals surface area contributed by atoms with Crippen molar-refractivity contribution in [1.29, 1.82) is 0 Å². The highest BCUT2D eigenvalue weighted by Crippen LogP contribution is 2.22. The van der Waals surface area contributed by atoms with Crippen molar-refractivity contribution < 1.29 is 0 Å². The van der Waals surface area contributed by atoms with Crippen molar-refractivity contribution in [2.45, 2.75) is 32.1 Å². The third-order valence-electron chi connectivity index (χ3n) is 3.15. The minimum Gasteiger partial charge on any atom is -0.318 e. The van der Waals surface area contributed by atoms with Gasteiger partial charge in [0.05, 0.1) is 0 Å². The van der Waals surface area contributed by atoms with E-state index < -0.39 is 0 Å². The Morgan fingerprint density at radius 3 is 2.73 bits per heavy atom. The van der Waals surface area contributed by atoms with Gasteiger partial charge in [0.25, 0.3) is 0 Å². The normalized spacial score (nSPS) is 15.0. The van der Waals surface area contributed by atoms with E-state index in [9.17, 15) is 0 Å². The number of aryl methyl sites for hydroxylation is 2. The predicted octanol–water partition coefficient (Wildman–Crippen LogP) is 1.61. The molecule has 2 nitrogen and oxygen atoms in total. The summed E-state index contributed by atoms with van der Waals surface area (Å²) >= 11 is 0. The number of rotatable bonds is 4. The Balaban J connectivity index is 2.00. The fourth-order valence-electron chi connectivity index (χ4n) is 2.28. The summed E-state index contributed by atoms with van der Waals surface area (Å²) in [6.45, 7) is 1.56. The molecular formula is C13H20N2. The Kier molecular flexibility index (Phi) is 3.75. The van der Waals surface area contributed by atoms with Crippen molar-refractivity contribution >= 4 is 0 Å². The van der Waals surface area contributed by atoms with Crippen molar-refractivity contribution in [1.82, 2.24) is 5.32 Å². The predicted molar refractivity (Wildman–Crippen MR) is 63.8 cm³/mol. The molecule has 2 heteroatoms.